The van der Waals surface area contributed by atoms with Gasteiger partial charge in [0.2, 0.25) is 0 Å². The minimum Gasteiger partial charge on any atom is -0.486 e. The SMILES string of the molecule is CC(C)(F)c1cc2c(cc1C1(O)CC1)OCCO2. The van der Waals surface area contributed by atoms with Crippen LogP contribution in [0, 0.1) is 0 Å². The van der Waals surface area contributed by atoms with Crippen LogP contribution in [-0.2, 0) is 11.3 Å². The summed E-state index contributed by atoms with van der Waals surface area (Å²) in [5.74, 6) is 1.17. The highest BCUT2D eigenvalue weighted by molar-refractivity contribution is 5.52. The summed E-state index contributed by atoms with van der Waals surface area (Å²) in [4.78, 5) is 0. The van der Waals surface area contributed by atoms with Crippen LogP contribution in [0.3, 0.4) is 0 Å². The lowest BCUT2D eigenvalue weighted by Crippen LogP contribution is -2.21. The van der Waals surface area contributed by atoms with E-state index in [1.54, 1.807) is 12.1 Å². The Balaban J connectivity index is 2.16. The second kappa shape index (κ2) is 3.60. The summed E-state index contributed by atoms with van der Waals surface area (Å²) in [6.45, 7) is 3.95. The van der Waals surface area contributed by atoms with Gasteiger partial charge in [0.1, 0.15) is 18.9 Å². The van der Waals surface area contributed by atoms with E-state index in [0.29, 0.717) is 48.7 Å². The highest BCUT2D eigenvalue weighted by atomic mass is 19.1. The van der Waals surface area contributed by atoms with E-state index in [9.17, 15) is 9.50 Å². The predicted molar refractivity (Wildman–Crippen MR) is 64.7 cm³/mol. The van der Waals surface area contributed by atoms with Crippen molar-refractivity contribution in [3.8, 4) is 11.5 Å². The van der Waals surface area contributed by atoms with Crippen LogP contribution < -0.4 is 9.47 Å². The molecule has 1 N–H and O–H groups in total. The van der Waals surface area contributed by atoms with Crippen molar-refractivity contribution in [2.45, 2.75) is 38.0 Å². The summed E-state index contributed by atoms with van der Waals surface area (Å²) >= 11 is 0. The summed E-state index contributed by atoms with van der Waals surface area (Å²) in [6, 6.07) is 3.40. The van der Waals surface area contributed by atoms with Gasteiger partial charge in [0.15, 0.2) is 11.5 Å². The van der Waals surface area contributed by atoms with Crippen LogP contribution in [0.15, 0.2) is 12.1 Å². The molecule has 0 unspecified atom stereocenters. The first kappa shape index (κ1) is 11.8. The third kappa shape index (κ3) is 1.85. The molecule has 0 saturated heterocycles. The van der Waals surface area contributed by atoms with Gasteiger partial charge < -0.3 is 14.6 Å². The molecule has 1 saturated carbocycles. The number of ether oxygens (including phenoxy) is 2. The van der Waals surface area contributed by atoms with Gasteiger partial charge >= 0.3 is 0 Å². The lowest BCUT2D eigenvalue weighted by Gasteiger charge is -2.26. The number of halogens is 1. The predicted octanol–water partition coefficient (Wildman–Crippen LogP) is 2.64. The van der Waals surface area contributed by atoms with E-state index in [-0.39, 0.29) is 0 Å². The lowest BCUT2D eigenvalue weighted by molar-refractivity contribution is 0.136. The van der Waals surface area contributed by atoms with Gasteiger partial charge in [-0.1, -0.05) is 0 Å². The highest BCUT2D eigenvalue weighted by Crippen LogP contribution is 2.51. The number of hydrogen-bond acceptors (Lipinski definition) is 3. The molecule has 1 heterocycles. The molecule has 3 rings (SSSR count). The Bertz CT molecular complexity index is 452. The maximum Gasteiger partial charge on any atom is 0.161 e. The maximum atomic E-state index is 14.3. The Morgan fingerprint density at radius 3 is 2.22 bits per heavy atom. The van der Waals surface area contributed by atoms with E-state index in [1.165, 1.54) is 13.8 Å². The van der Waals surface area contributed by atoms with Crippen molar-refractivity contribution in [1.82, 2.24) is 0 Å². The minimum atomic E-state index is -1.51. The van der Waals surface area contributed by atoms with Gasteiger partial charge in [-0.3, -0.25) is 0 Å². The number of rotatable bonds is 2. The first-order chi connectivity index (χ1) is 8.40. The number of alkyl halides is 1. The fraction of sp³-hybridized carbons (Fsp3) is 0.571. The van der Waals surface area contributed by atoms with E-state index in [1.807, 2.05) is 0 Å². The van der Waals surface area contributed by atoms with Crippen molar-refractivity contribution in [1.29, 1.82) is 0 Å². The molecule has 98 valence electrons. The maximum absolute atomic E-state index is 14.3. The Hall–Kier alpha value is -1.29. The minimum absolute atomic E-state index is 0.475. The average molecular weight is 252 g/mol. The molecule has 0 amide bonds. The monoisotopic (exact) mass is 252 g/mol. The van der Waals surface area contributed by atoms with E-state index in [4.69, 9.17) is 9.47 Å². The van der Waals surface area contributed by atoms with E-state index in [0.717, 1.165) is 0 Å². The van der Waals surface area contributed by atoms with Gasteiger partial charge in [-0.2, -0.15) is 0 Å². The normalized spacial score (nSPS) is 20.7. The third-order valence-electron chi connectivity index (χ3n) is 3.55. The first-order valence-corrected chi connectivity index (χ1v) is 6.26. The molecule has 0 atom stereocenters. The zero-order valence-corrected chi connectivity index (χ0v) is 10.6. The van der Waals surface area contributed by atoms with Crippen LogP contribution in [-0.4, -0.2) is 18.3 Å². The first-order valence-electron chi connectivity index (χ1n) is 6.26. The Kier molecular flexibility index (Phi) is 2.36. The van der Waals surface area contributed by atoms with E-state index in [2.05, 4.69) is 0 Å². The van der Waals surface area contributed by atoms with Gasteiger partial charge in [-0.05, 0) is 49.9 Å². The van der Waals surface area contributed by atoms with Crippen molar-refractivity contribution < 1.29 is 19.0 Å². The molecule has 3 nitrogen and oxygen atoms in total. The molecule has 4 heteroatoms. The fourth-order valence-corrected chi connectivity index (χ4v) is 2.35. The van der Waals surface area contributed by atoms with Gasteiger partial charge in [0.25, 0.3) is 0 Å². The molecular formula is C14H17FO3. The van der Waals surface area contributed by atoms with Gasteiger partial charge in [-0.15, -0.1) is 0 Å². The van der Waals surface area contributed by atoms with Crippen LogP contribution in [0.4, 0.5) is 4.39 Å². The molecule has 2 aliphatic rings. The number of benzene rings is 1. The molecule has 1 fully saturated rings. The summed E-state index contributed by atoms with van der Waals surface area (Å²) < 4.78 is 25.3. The largest absolute Gasteiger partial charge is 0.486 e. The number of hydrogen-bond donors (Lipinski definition) is 1. The lowest BCUT2D eigenvalue weighted by atomic mass is 9.90. The molecule has 1 aromatic rings. The summed E-state index contributed by atoms with van der Waals surface area (Å²) in [5.41, 5.74) is -1.26. The van der Waals surface area contributed by atoms with Crippen LogP contribution in [0.1, 0.15) is 37.8 Å². The Morgan fingerprint density at radius 2 is 1.72 bits per heavy atom. The molecule has 0 aromatic heterocycles. The van der Waals surface area contributed by atoms with Gasteiger partial charge in [0, 0.05) is 0 Å². The van der Waals surface area contributed by atoms with Crippen LogP contribution >= 0.6 is 0 Å². The quantitative estimate of drug-likeness (QED) is 0.879. The van der Waals surface area contributed by atoms with Crippen molar-refractivity contribution in [3.63, 3.8) is 0 Å². The molecule has 1 aliphatic carbocycles. The van der Waals surface area contributed by atoms with Crippen molar-refractivity contribution in [3.05, 3.63) is 23.3 Å². The van der Waals surface area contributed by atoms with Crippen LogP contribution in [0.25, 0.3) is 0 Å². The molecular weight excluding hydrogens is 235 g/mol. The zero-order valence-electron chi connectivity index (χ0n) is 10.6. The standard InChI is InChI=1S/C14H17FO3/c1-13(2,15)9-7-11-12(18-6-5-17-11)8-10(9)14(16)3-4-14/h7-8,16H,3-6H2,1-2H3. The molecule has 18 heavy (non-hydrogen) atoms. The summed E-state index contributed by atoms with van der Waals surface area (Å²) in [6.07, 6.45) is 1.35. The number of aliphatic hydroxyl groups is 1. The second-order valence-corrected chi connectivity index (χ2v) is 5.55. The zero-order chi connectivity index (χ0) is 13.0. The third-order valence-corrected chi connectivity index (χ3v) is 3.55. The summed E-state index contributed by atoms with van der Waals surface area (Å²) in [5, 5.41) is 10.3. The van der Waals surface area contributed by atoms with E-state index >= 15 is 0 Å². The van der Waals surface area contributed by atoms with Gasteiger partial charge in [-0.25, -0.2) is 4.39 Å². The van der Waals surface area contributed by atoms with Crippen LogP contribution in [0.2, 0.25) is 0 Å². The Labute approximate surface area is 106 Å². The molecule has 0 spiro atoms. The van der Waals surface area contributed by atoms with Gasteiger partial charge in [0.05, 0.1) is 5.60 Å². The molecule has 1 aromatic carbocycles. The number of fused-ring (bicyclic) bond motifs is 1. The second-order valence-electron chi connectivity index (χ2n) is 5.55. The average Bonchev–Trinajstić information content (AvgIpc) is 3.06. The molecule has 0 radical (unpaired) electrons. The van der Waals surface area contributed by atoms with Crippen molar-refractivity contribution >= 4 is 0 Å². The molecule has 1 aliphatic heterocycles. The van der Waals surface area contributed by atoms with Crippen LogP contribution in [0.5, 0.6) is 11.5 Å². The molecule has 0 bridgehead atoms. The van der Waals surface area contributed by atoms with Crippen molar-refractivity contribution in [2.24, 2.45) is 0 Å². The topological polar surface area (TPSA) is 38.7 Å². The smallest absolute Gasteiger partial charge is 0.161 e. The fourth-order valence-electron chi connectivity index (χ4n) is 2.35. The summed E-state index contributed by atoms with van der Waals surface area (Å²) in [7, 11) is 0. The van der Waals surface area contributed by atoms with Crippen molar-refractivity contribution in [2.75, 3.05) is 13.2 Å². The highest BCUT2D eigenvalue weighted by Gasteiger charge is 2.46. The van der Waals surface area contributed by atoms with E-state index < -0.39 is 11.3 Å². The Morgan fingerprint density at radius 1 is 1.17 bits per heavy atom.